The van der Waals surface area contributed by atoms with Crippen LogP contribution < -0.4 is 5.73 Å². The normalized spacial score (nSPS) is 13.5. The molecule has 0 aliphatic rings. The molecule has 0 aliphatic heterocycles. The summed E-state index contributed by atoms with van der Waals surface area (Å²) in [6.07, 6.45) is 18.9. The van der Waals surface area contributed by atoms with Crippen LogP contribution in [-0.4, -0.2) is 11.4 Å². The molecule has 0 saturated heterocycles. The van der Waals surface area contributed by atoms with Crippen LogP contribution in [0, 0.1) is 5.92 Å². The van der Waals surface area contributed by atoms with Gasteiger partial charge >= 0.3 is 0 Å². The molecule has 0 spiro atoms. The molecule has 1 unspecified atom stereocenters. The van der Waals surface area contributed by atoms with E-state index in [1.807, 2.05) is 0 Å². The van der Waals surface area contributed by atoms with Gasteiger partial charge in [0, 0.05) is 11.4 Å². The Morgan fingerprint density at radius 3 is 1.55 bits per heavy atom. The molecular formula is C20H42ClN. The zero-order valence-electron chi connectivity index (χ0n) is 15.6. The first-order valence-corrected chi connectivity index (χ1v) is 10.4. The quantitative estimate of drug-likeness (QED) is 0.238. The Morgan fingerprint density at radius 1 is 0.727 bits per heavy atom. The minimum absolute atomic E-state index is 0.0202. The Bertz CT molecular complexity index is 222. The number of alkyl halides is 1. The lowest BCUT2D eigenvalue weighted by atomic mass is 9.80. The average Bonchev–Trinajstić information content (AvgIpc) is 2.46. The Morgan fingerprint density at radius 2 is 1.14 bits per heavy atom. The van der Waals surface area contributed by atoms with E-state index in [1.165, 1.54) is 83.5 Å². The molecule has 0 amide bonds. The van der Waals surface area contributed by atoms with E-state index >= 15 is 0 Å². The SMILES string of the molecule is CCCCCCCCCCC(CCCCCCCl)C(C)(C)N. The van der Waals surface area contributed by atoms with E-state index in [-0.39, 0.29) is 5.54 Å². The second-order valence-electron chi connectivity index (χ2n) is 7.67. The van der Waals surface area contributed by atoms with Gasteiger partial charge in [0.25, 0.3) is 0 Å². The molecule has 0 bridgehead atoms. The van der Waals surface area contributed by atoms with Gasteiger partial charge in [0.2, 0.25) is 0 Å². The molecule has 0 fully saturated rings. The van der Waals surface area contributed by atoms with Crippen molar-refractivity contribution in [3.8, 4) is 0 Å². The summed E-state index contributed by atoms with van der Waals surface area (Å²) in [5.74, 6) is 1.49. The molecule has 0 aromatic carbocycles. The maximum absolute atomic E-state index is 6.40. The molecule has 2 heteroatoms. The second kappa shape index (κ2) is 14.8. The fourth-order valence-electron chi connectivity index (χ4n) is 3.25. The van der Waals surface area contributed by atoms with Crippen molar-refractivity contribution in [1.82, 2.24) is 0 Å². The molecule has 134 valence electrons. The van der Waals surface area contributed by atoms with Gasteiger partial charge in [0.05, 0.1) is 0 Å². The monoisotopic (exact) mass is 331 g/mol. The Kier molecular flexibility index (Phi) is 15.0. The van der Waals surface area contributed by atoms with Crippen LogP contribution in [0.25, 0.3) is 0 Å². The van der Waals surface area contributed by atoms with Gasteiger partial charge in [0.15, 0.2) is 0 Å². The van der Waals surface area contributed by atoms with Crippen molar-refractivity contribution in [2.75, 3.05) is 5.88 Å². The van der Waals surface area contributed by atoms with Crippen LogP contribution in [-0.2, 0) is 0 Å². The number of nitrogens with two attached hydrogens (primary N) is 1. The molecule has 0 saturated carbocycles. The molecule has 0 heterocycles. The highest BCUT2D eigenvalue weighted by atomic mass is 35.5. The third-order valence-electron chi connectivity index (χ3n) is 4.89. The zero-order valence-corrected chi connectivity index (χ0v) is 16.4. The molecule has 1 atom stereocenters. The Hall–Kier alpha value is 0.250. The molecule has 22 heavy (non-hydrogen) atoms. The van der Waals surface area contributed by atoms with Gasteiger partial charge in [-0.15, -0.1) is 11.6 Å². The van der Waals surface area contributed by atoms with Gasteiger partial charge < -0.3 is 5.73 Å². The van der Waals surface area contributed by atoms with Gasteiger partial charge in [-0.1, -0.05) is 77.6 Å². The van der Waals surface area contributed by atoms with Crippen molar-refractivity contribution in [2.45, 2.75) is 116 Å². The summed E-state index contributed by atoms with van der Waals surface area (Å²) in [5.41, 5.74) is 6.38. The van der Waals surface area contributed by atoms with Crippen molar-refractivity contribution in [1.29, 1.82) is 0 Å². The summed E-state index contributed by atoms with van der Waals surface area (Å²) in [4.78, 5) is 0. The highest BCUT2D eigenvalue weighted by molar-refractivity contribution is 6.17. The Balaban J connectivity index is 3.68. The van der Waals surface area contributed by atoms with E-state index < -0.39 is 0 Å². The third-order valence-corrected chi connectivity index (χ3v) is 5.16. The lowest BCUT2D eigenvalue weighted by Gasteiger charge is -2.31. The number of hydrogen-bond acceptors (Lipinski definition) is 1. The van der Waals surface area contributed by atoms with E-state index in [2.05, 4.69) is 20.8 Å². The van der Waals surface area contributed by atoms with Gasteiger partial charge in [-0.25, -0.2) is 0 Å². The highest BCUT2D eigenvalue weighted by Gasteiger charge is 2.23. The second-order valence-corrected chi connectivity index (χ2v) is 8.05. The van der Waals surface area contributed by atoms with Crippen LogP contribution in [0.5, 0.6) is 0 Å². The number of rotatable bonds is 16. The smallest absolute Gasteiger partial charge is 0.0223 e. The predicted molar refractivity (Wildman–Crippen MR) is 103 cm³/mol. The van der Waals surface area contributed by atoms with Crippen molar-refractivity contribution >= 4 is 11.6 Å². The van der Waals surface area contributed by atoms with E-state index in [0.717, 1.165) is 12.3 Å². The summed E-state index contributed by atoms with van der Waals surface area (Å²) >= 11 is 5.73. The number of hydrogen-bond donors (Lipinski definition) is 1. The molecule has 0 aromatic rings. The summed E-state index contributed by atoms with van der Waals surface area (Å²) in [7, 11) is 0. The number of unbranched alkanes of at least 4 members (excludes halogenated alkanes) is 10. The number of halogens is 1. The fourth-order valence-corrected chi connectivity index (χ4v) is 3.44. The van der Waals surface area contributed by atoms with Crippen LogP contribution >= 0.6 is 11.6 Å². The molecule has 2 N–H and O–H groups in total. The minimum atomic E-state index is -0.0202. The first-order valence-electron chi connectivity index (χ1n) is 9.87. The van der Waals surface area contributed by atoms with Crippen LogP contribution in [0.15, 0.2) is 0 Å². The van der Waals surface area contributed by atoms with Crippen LogP contribution in [0.2, 0.25) is 0 Å². The van der Waals surface area contributed by atoms with E-state index in [4.69, 9.17) is 17.3 Å². The van der Waals surface area contributed by atoms with E-state index in [1.54, 1.807) is 0 Å². The van der Waals surface area contributed by atoms with Crippen LogP contribution in [0.1, 0.15) is 111 Å². The first-order chi connectivity index (χ1) is 10.5. The lowest BCUT2D eigenvalue weighted by Crippen LogP contribution is -2.40. The topological polar surface area (TPSA) is 26.0 Å². The van der Waals surface area contributed by atoms with Crippen molar-refractivity contribution in [3.63, 3.8) is 0 Å². The van der Waals surface area contributed by atoms with Crippen LogP contribution in [0.4, 0.5) is 0 Å². The lowest BCUT2D eigenvalue weighted by molar-refractivity contribution is 0.267. The van der Waals surface area contributed by atoms with Gasteiger partial charge in [0.1, 0.15) is 0 Å². The maximum Gasteiger partial charge on any atom is 0.0223 e. The predicted octanol–water partition coefficient (Wildman–Crippen LogP) is 7.06. The summed E-state index contributed by atoms with van der Waals surface area (Å²) in [6.45, 7) is 6.70. The zero-order chi connectivity index (χ0) is 16.7. The summed E-state index contributed by atoms with van der Waals surface area (Å²) in [6, 6.07) is 0. The molecule has 0 radical (unpaired) electrons. The van der Waals surface area contributed by atoms with Crippen LogP contribution in [0.3, 0.4) is 0 Å². The standard InChI is InChI=1S/C20H42ClN/c1-4-5-6-7-8-9-10-13-16-19(20(2,3)22)17-14-11-12-15-18-21/h19H,4-18,22H2,1-3H3. The van der Waals surface area contributed by atoms with Crippen molar-refractivity contribution in [2.24, 2.45) is 11.7 Å². The largest absolute Gasteiger partial charge is 0.325 e. The third kappa shape index (κ3) is 13.9. The molecule has 0 aromatic heterocycles. The molecular weight excluding hydrogens is 290 g/mol. The average molecular weight is 332 g/mol. The van der Waals surface area contributed by atoms with E-state index in [9.17, 15) is 0 Å². The maximum atomic E-state index is 6.40. The first kappa shape index (κ1) is 22.2. The molecule has 0 aliphatic carbocycles. The van der Waals surface area contributed by atoms with Crippen molar-refractivity contribution < 1.29 is 0 Å². The minimum Gasteiger partial charge on any atom is -0.325 e. The highest BCUT2D eigenvalue weighted by Crippen LogP contribution is 2.27. The van der Waals surface area contributed by atoms with Crippen molar-refractivity contribution in [3.05, 3.63) is 0 Å². The Labute approximate surface area is 145 Å². The van der Waals surface area contributed by atoms with Gasteiger partial charge in [-0.3, -0.25) is 0 Å². The fraction of sp³-hybridized carbons (Fsp3) is 1.00. The molecule has 1 nitrogen and oxygen atoms in total. The summed E-state index contributed by atoms with van der Waals surface area (Å²) in [5, 5.41) is 0. The van der Waals surface area contributed by atoms with Gasteiger partial charge in [-0.05, 0) is 39.0 Å². The molecule has 0 rings (SSSR count). The summed E-state index contributed by atoms with van der Waals surface area (Å²) < 4.78 is 0. The van der Waals surface area contributed by atoms with Gasteiger partial charge in [-0.2, -0.15) is 0 Å². The van der Waals surface area contributed by atoms with E-state index in [0.29, 0.717) is 5.92 Å².